The molecule has 3 heteroatoms. The van der Waals surface area contributed by atoms with Crippen molar-refractivity contribution in [3.8, 4) is 0 Å². The highest BCUT2D eigenvalue weighted by molar-refractivity contribution is 5.75. The fourth-order valence-electron chi connectivity index (χ4n) is 2.35. The molecule has 2 rings (SSSR count). The van der Waals surface area contributed by atoms with Crippen LogP contribution in [0.15, 0.2) is 42.5 Å². The van der Waals surface area contributed by atoms with E-state index in [1.807, 2.05) is 24.3 Å². The highest BCUT2D eigenvalue weighted by Crippen LogP contribution is 2.18. The second kappa shape index (κ2) is 6.44. The molecule has 0 aliphatic rings. The van der Waals surface area contributed by atoms with Crippen LogP contribution in [0.25, 0.3) is 0 Å². The number of hydrogen-bond donors (Lipinski definition) is 2. The van der Waals surface area contributed by atoms with Gasteiger partial charge in [0, 0.05) is 12.2 Å². The first-order valence-electron chi connectivity index (χ1n) is 7.09. The smallest absolute Gasteiger partial charge is 0.310 e. The molecule has 2 N–H and O–H groups in total. The lowest BCUT2D eigenvalue weighted by atomic mass is 10.00. The maximum Gasteiger partial charge on any atom is 0.310 e. The number of nitrogens with one attached hydrogen (secondary N) is 1. The van der Waals surface area contributed by atoms with Crippen LogP contribution in [-0.2, 0) is 11.3 Å². The minimum absolute atomic E-state index is 0.466. The van der Waals surface area contributed by atoms with Crippen molar-refractivity contribution >= 4 is 11.7 Å². The van der Waals surface area contributed by atoms with E-state index in [4.69, 9.17) is 5.11 Å². The number of hydrogen-bond acceptors (Lipinski definition) is 2. The summed E-state index contributed by atoms with van der Waals surface area (Å²) in [6, 6.07) is 14.1. The number of rotatable bonds is 5. The van der Waals surface area contributed by atoms with E-state index in [0.717, 1.165) is 23.4 Å². The first-order chi connectivity index (χ1) is 9.95. The van der Waals surface area contributed by atoms with Crippen LogP contribution < -0.4 is 5.32 Å². The lowest BCUT2D eigenvalue weighted by molar-refractivity contribution is -0.138. The summed E-state index contributed by atoms with van der Waals surface area (Å²) in [6.45, 7) is 6.59. The zero-order valence-corrected chi connectivity index (χ0v) is 12.7. The first-order valence-corrected chi connectivity index (χ1v) is 7.09. The maximum absolute atomic E-state index is 10.9. The van der Waals surface area contributed by atoms with Gasteiger partial charge in [-0.2, -0.15) is 0 Å². The monoisotopic (exact) mass is 283 g/mol. The van der Waals surface area contributed by atoms with Crippen molar-refractivity contribution in [3.63, 3.8) is 0 Å². The largest absolute Gasteiger partial charge is 0.481 e. The van der Waals surface area contributed by atoms with Crippen molar-refractivity contribution in [3.05, 3.63) is 64.7 Å². The van der Waals surface area contributed by atoms with Crippen molar-refractivity contribution in [2.24, 2.45) is 0 Å². The summed E-state index contributed by atoms with van der Waals surface area (Å²) in [5.74, 6) is -1.26. The summed E-state index contributed by atoms with van der Waals surface area (Å²) in [7, 11) is 0. The third-order valence-corrected chi connectivity index (χ3v) is 3.57. The van der Waals surface area contributed by atoms with Gasteiger partial charge in [0.1, 0.15) is 0 Å². The number of carbonyl (C=O) groups is 1. The third-order valence-electron chi connectivity index (χ3n) is 3.57. The van der Waals surface area contributed by atoms with E-state index in [9.17, 15) is 4.79 Å². The standard InChI is InChI=1S/C18H21NO2/c1-12-8-13(2)10-17(9-12)19-11-15-4-6-16(7-5-15)14(3)18(20)21/h4-10,14,19H,11H2,1-3H3,(H,20,21). The van der Waals surface area contributed by atoms with Gasteiger partial charge in [0.05, 0.1) is 5.92 Å². The summed E-state index contributed by atoms with van der Waals surface area (Å²) in [5.41, 5.74) is 5.55. The second-order valence-electron chi connectivity index (χ2n) is 5.53. The molecule has 110 valence electrons. The Morgan fingerprint density at radius 3 is 2.19 bits per heavy atom. The van der Waals surface area contributed by atoms with Gasteiger partial charge in [-0.25, -0.2) is 0 Å². The molecule has 0 spiro atoms. The Morgan fingerprint density at radius 1 is 1.10 bits per heavy atom. The molecule has 1 unspecified atom stereocenters. The van der Waals surface area contributed by atoms with Gasteiger partial charge in [-0.05, 0) is 55.2 Å². The van der Waals surface area contributed by atoms with Crippen LogP contribution in [0.2, 0.25) is 0 Å². The molecule has 0 saturated carbocycles. The normalized spacial score (nSPS) is 12.0. The molecule has 0 aliphatic carbocycles. The topological polar surface area (TPSA) is 49.3 Å². The van der Waals surface area contributed by atoms with Crippen LogP contribution in [0.4, 0.5) is 5.69 Å². The first kappa shape index (κ1) is 15.1. The molecule has 0 bridgehead atoms. The Balaban J connectivity index is 2.02. The van der Waals surface area contributed by atoms with Crippen LogP contribution in [0.1, 0.15) is 35.1 Å². The quantitative estimate of drug-likeness (QED) is 0.868. The van der Waals surface area contributed by atoms with Crippen molar-refractivity contribution in [2.75, 3.05) is 5.32 Å². The molecule has 3 nitrogen and oxygen atoms in total. The van der Waals surface area contributed by atoms with Gasteiger partial charge >= 0.3 is 5.97 Å². The Morgan fingerprint density at radius 2 is 1.67 bits per heavy atom. The van der Waals surface area contributed by atoms with Crippen molar-refractivity contribution in [1.82, 2.24) is 0 Å². The average molecular weight is 283 g/mol. The summed E-state index contributed by atoms with van der Waals surface area (Å²) in [6.07, 6.45) is 0. The maximum atomic E-state index is 10.9. The molecule has 2 aromatic carbocycles. The van der Waals surface area contributed by atoms with Gasteiger partial charge in [0.15, 0.2) is 0 Å². The number of anilines is 1. The summed E-state index contributed by atoms with van der Waals surface area (Å²) < 4.78 is 0. The predicted octanol–water partition coefficient (Wildman–Crippen LogP) is 4.10. The van der Waals surface area contributed by atoms with E-state index < -0.39 is 11.9 Å². The van der Waals surface area contributed by atoms with E-state index in [0.29, 0.717) is 0 Å². The fourth-order valence-corrected chi connectivity index (χ4v) is 2.35. The molecule has 0 aliphatic heterocycles. The van der Waals surface area contributed by atoms with E-state index in [-0.39, 0.29) is 0 Å². The van der Waals surface area contributed by atoms with Crippen molar-refractivity contribution < 1.29 is 9.90 Å². The molecule has 0 heterocycles. The van der Waals surface area contributed by atoms with E-state index in [2.05, 4.69) is 37.4 Å². The molecule has 0 fully saturated rings. The third kappa shape index (κ3) is 4.09. The molecule has 0 radical (unpaired) electrons. The zero-order valence-electron chi connectivity index (χ0n) is 12.7. The SMILES string of the molecule is Cc1cc(C)cc(NCc2ccc(C(C)C(=O)O)cc2)c1. The molecule has 1 atom stereocenters. The van der Waals surface area contributed by atoms with Crippen LogP contribution >= 0.6 is 0 Å². The van der Waals surface area contributed by atoms with E-state index in [1.165, 1.54) is 11.1 Å². The number of benzene rings is 2. The molecule has 0 aromatic heterocycles. The number of aliphatic carboxylic acids is 1. The van der Waals surface area contributed by atoms with E-state index >= 15 is 0 Å². The van der Waals surface area contributed by atoms with Crippen molar-refractivity contribution in [2.45, 2.75) is 33.2 Å². The minimum Gasteiger partial charge on any atom is -0.481 e. The van der Waals surface area contributed by atoms with Crippen LogP contribution in [0, 0.1) is 13.8 Å². The second-order valence-corrected chi connectivity index (χ2v) is 5.53. The Hall–Kier alpha value is -2.29. The molecule has 2 aromatic rings. The van der Waals surface area contributed by atoms with Gasteiger partial charge < -0.3 is 10.4 Å². The molecular formula is C18H21NO2. The predicted molar refractivity (Wildman–Crippen MR) is 85.7 cm³/mol. The number of aryl methyl sites for hydroxylation is 2. The average Bonchev–Trinajstić information content (AvgIpc) is 2.44. The number of carboxylic acid groups (broad SMARTS) is 1. The summed E-state index contributed by atoms with van der Waals surface area (Å²) in [5, 5.41) is 12.4. The highest BCUT2D eigenvalue weighted by Gasteiger charge is 2.12. The minimum atomic E-state index is -0.795. The Labute approximate surface area is 125 Å². The molecule has 21 heavy (non-hydrogen) atoms. The van der Waals surface area contributed by atoms with Gasteiger partial charge in [0.25, 0.3) is 0 Å². The molecular weight excluding hydrogens is 262 g/mol. The number of carboxylic acids is 1. The zero-order chi connectivity index (χ0) is 15.4. The van der Waals surface area contributed by atoms with Crippen molar-refractivity contribution in [1.29, 1.82) is 0 Å². The van der Waals surface area contributed by atoms with Gasteiger partial charge in [-0.1, -0.05) is 30.3 Å². The van der Waals surface area contributed by atoms with Gasteiger partial charge in [0.2, 0.25) is 0 Å². The summed E-state index contributed by atoms with van der Waals surface area (Å²) in [4.78, 5) is 10.9. The lowest BCUT2D eigenvalue weighted by Gasteiger charge is -2.10. The highest BCUT2D eigenvalue weighted by atomic mass is 16.4. The van der Waals surface area contributed by atoms with Crippen LogP contribution in [0.5, 0.6) is 0 Å². The summed E-state index contributed by atoms with van der Waals surface area (Å²) >= 11 is 0. The van der Waals surface area contributed by atoms with Gasteiger partial charge in [-0.15, -0.1) is 0 Å². The van der Waals surface area contributed by atoms with Crippen LogP contribution in [-0.4, -0.2) is 11.1 Å². The van der Waals surface area contributed by atoms with Crippen LogP contribution in [0.3, 0.4) is 0 Å². The fraction of sp³-hybridized carbons (Fsp3) is 0.278. The lowest BCUT2D eigenvalue weighted by Crippen LogP contribution is -2.07. The molecule has 0 saturated heterocycles. The molecule has 0 amide bonds. The van der Waals surface area contributed by atoms with E-state index in [1.54, 1.807) is 6.92 Å². The Kier molecular flexibility index (Phi) is 4.63. The Bertz CT molecular complexity index is 612. The van der Waals surface area contributed by atoms with Gasteiger partial charge in [-0.3, -0.25) is 4.79 Å².